The smallest absolute Gasteiger partial charge is 0.224 e. The third-order valence-electron chi connectivity index (χ3n) is 3.95. The first-order valence-corrected chi connectivity index (χ1v) is 6.93. The molecule has 0 unspecified atom stereocenters. The van der Waals surface area contributed by atoms with Crippen molar-refractivity contribution in [2.24, 2.45) is 5.92 Å². The van der Waals surface area contributed by atoms with Gasteiger partial charge < -0.3 is 15.5 Å². The third-order valence-corrected chi connectivity index (χ3v) is 3.95. The third kappa shape index (κ3) is 3.45. The van der Waals surface area contributed by atoms with Gasteiger partial charge in [-0.15, -0.1) is 0 Å². The maximum Gasteiger partial charge on any atom is 0.224 e. The Kier molecular flexibility index (Phi) is 4.58. The molecule has 2 aliphatic rings. The highest BCUT2D eigenvalue weighted by Crippen LogP contribution is 2.14. The lowest BCUT2D eigenvalue weighted by atomic mass is 9.97. The molecule has 1 atom stereocenters. The zero-order chi connectivity index (χ0) is 13.0. The minimum absolute atomic E-state index is 0.129. The molecule has 0 aromatic rings. The van der Waals surface area contributed by atoms with Crippen LogP contribution in [-0.2, 0) is 9.59 Å². The molecule has 0 saturated carbocycles. The number of hydrogen-bond acceptors (Lipinski definition) is 3. The minimum atomic E-state index is 0.129. The van der Waals surface area contributed by atoms with Crippen molar-refractivity contribution in [2.45, 2.75) is 38.6 Å². The fraction of sp³-hybridized carbons (Fsp3) is 0.846. The van der Waals surface area contributed by atoms with Gasteiger partial charge in [-0.2, -0.15) is 0 Å². The Morgan fingerprint density at radius 2 is 1.94 bits per heavy atom. The van der Waals surface area contributed by atoms with Crippen LogP contribution < -0.4 is 10.6 Å². The Balaban J connectivity index is 1.73. The first-order chi connectivity index (χ1) is 8.66. The molecule has 102 valence electrons. The number of hydrogen-bond donors (Lipinski definition) is 2. The maximum atomic E-state index is 12.1. The molecule has 2 rings (SSSR count). The van der Waals surface area contributed by atoms with Crippen molar-refractivity contribution < 1.29 is 9.59 Å². The van der Waals surface area contributed by atoms with E-state index in [1.54, 1.807) is 6.92 Å². The number of nitrogens with one attached hydrogen (secondary N) is 2. The molecular formula is C13H23N3O2. The first kappa shape index (κ1) is 13.3. The molecule has 0 spiro atoms. The molecule has 2 amide bonds. The molecule has 0 radical (unpaired) electrons. The second-order valence-electron chi connectivity index (χ2n) is 5.33. The summed E-state index contributed by atoms with van der Waals surface area (Å²) >= 11 is 0. The zero-order valence-electron chi connectivity index (χ0n) is 11.1. The lowest BCUT2D eigenvalue weighted by molar-refractivity contribution is -0.130. The van der Waals surface area contributed by atoms with E-state index in [-0.39, 0.29) is 23.8 Å². The van der Waals surface area contributed by atoms with E-state index in [0.29, 0.717) is 0 Å². The number of likely N-dealkylation sites (tertiary alicyclic amines) is 1. The van der Waals surface area contributed by atoms with Crippen LogP contribution >= 0.6 is 0 Å². The molecule has 2 aliphatic heterocycles. The summed E-state index contributed by atoms with van der Waals surface area (Å²) < 4.78 is 0. The Bertz CT molecular complexity index is 305. The van der Waals surface area contributed by atoms with Gasteiger partial charge in [0.1, 0.15) is 0 Å². The predicted molar refractivity (Wildman–Crippen MR) is 69.0 cm³/mol. The number of piperidine rings is 2. The Hall–Kier alpha value is -1.10. The van der Waals surface area contributed by atoms with Gasteiger partial charge in [0.2, 0.25) is 11.8 Å². The number of carbonyl (C=O) groups excluding carboxylic acids is 2. The van der Waals surface area contributed by atoms with Crippen molar-refractivity contribution in [3.8, 4) is 0 Å². The molecule has 0 bridgehead atoms. The Morgan fingerprint density at radius 1 is 1.22 bits per heavy atom. The van der Waals surface area contributed by atoms with Gasteiger partial charge in [-0.3, -0.25) is 9.59 Å². The number of rotatable bonds is 2. The number of nitrogens with zero attached hydrogens (tertiary/aromatic N) is 1. The van der Waals surface area contributed by atoms with Crippen molar-refractivity contribution in [2.75, 3.05) is 26.2 Å². The molecule has 0 aromatic heterocycles. The summed E-state index contributed by atoms with van der Waals surface area (Å²) in [5, 5.41) is 6.39. The average molecular weight is 253 g/mol. The van der Waals surface area contributed by atoms with E-state index in [9.17, 15) is 9.59 Å². The van der Waals surface area contributed by atoms with Crippen molar-refractivity contribution in [3.63, 3.8) is 0 Å². The Labute approximate surface area is 108 Å². The van der Waals surface area contributed by atoms with Gasteiger partial charge >= 0.3 is 0 Å². The quantitative estimate of drug-likeness (QED) is 0.734. The van der Waals surface area contributed by atoms with Crippen LogP contribution in [0.1, 0.15) is 32.6 Å². The number of carbonyl (C=O) groups is 2. The zero-order valence-corrected chi connectivity index (χ0v) is 11.1. The highest BCUT2D eigenvalue weighted by Gasteiger charge is 2.26. The lowest BCUT2D eigenvalue weighted by Gasteiger charge is -2.33. The molecule has 2 N–H and O–H groups in total. The molecule has 2 fully saturated rings. The highest BCUT2D eigenvalue weighted by atomic mass is 16.2. The van der Waals surface area contributed by atoms with Gasteiger partial charge in [-0.05, 0) is 32.2 Å². The lowest BCUT2D eigenvalue weighted by Crippen LogP contribution is -2.49. The second kappa shape index (κ2) is 6.18. The summed E-state index contributed by atoms with van der Waals surface area (Å²) in [5.41, 5.74) is 0. The van der Waals surface area contributed by atoms with Gasteiger partial charge in [0.15, 0.2) is 0 Å². The van der Waals surface area contributed by atoms with Crippen LogP contribution in [0.15, 0.2) is 0 Å². The van der Waals surface area contributed by atoms with Crippen LogP contribution in [0.4, 0.5) is 0 Å². The topological polar surface area (TPSA) is 61.4 Å². The minimum Gasteiger partial charge on any atom is -0.353 e. The molecule has 0 aromatic carbocycles. The van der Waals surface area contributed by atoms with Gasteiger partial charge in [-0.1, -0.05) is 0 Å². The van der Waals surface area contributed by atoms with Gasteiger partial charge in [0, 0.05) is 32.6 Å². The molecular weight excluding hydrogens is 230 g/mol. The van der Waals surface area contributed by atoms with Crippen LogP contribution in [0, 0.1) is 5.92 Å². The second-order valence-corrected chi connectivity index (χ2v) is 5.33. The molecule has 2 saturated heterocycles. The Morgan fingerprint density at radius 3 is 2.50 bits per heavy atom. The van der Waals surface area contributed by atoms with E-state index in [4.69, 9.17) is 0 Å². The SMILES string of the molecule is CC(=O)N1CCC(NC(=O)[C@@H]2CCCNC2)CC1. The van der Waals surface area contributed by atoms with Crippen LogP contribution in [-0.4, -0.2) is 48.9 Å². The van der Waals surface area contributed by atoms with E-state index >= 15 is 0 Å². The monoisotopic (exact) mass is 253 g/mol. The first-order valence-electron chi connectivity index (χ1n) is 6.93. The number of amides is 2. The summed E-state index contributed by atoms with van der Waals surface area (Å²) in [4.78, 5) is 25.1. The maximum absolute atomic E-state index is 12.1. The van der Waals surface area contributed by atoms with E-state index in [0.717, 1.165) is 51.9 Å². The molecule has 2 heterocycles. The largest absolute Gasteiger partial charge is 0.353 e. The van der Waals surface area contributed by atoms with Crippen LogP contribution in [0.5, 0.6) is 0 Å². The summed E-state index contributed by atoms with van der Waals surface area (Å²) in [6.07, 6.45) is 3.84. The van der Waals surface area contributed by atoms with E-state index in [1.807, 2.05) is 4.90 Å². The highest BCUT2D eigenvalue weighted by molar-refractivity contribution is 5.79. The molecule has 0 aliphatic carbocycles. The summed E-state index contributed by atoms with van der Waals surface area (Å²) in [6, 6.07) is 0.245. The summed E-state index contributed by atoms with van der Waals surface area (Å²) in [6.45, 7) is 4.97. The van der Waals surface area contributed by atoms with E-state index in [2.05, 4.69) is 10.6 Å². The van der Waals surface area contributed by atoms with Crippen LogP contribution in [0.3, 0.4) is 0 Å². The van der Waals surface area contributed by atoms with Crippen LogP contribution in [0.25, 0.3) is 0 Å². The summed E-state index contributed by atoms with van der Waals surface area (Å²) in [7, 11) is 0. The standard InChI is InChI=1S/C13H23N3O2/c1-10(17)16-7-4-12(5-8-16)15-13(18)11-3-2-6-14-9-11/h11-12,14H,2-9H2,1H3,(H,15,18)/t11-/m1/s1. The van der Waals surface area contributed by atoms with Crippen molar-refractivity contribution in [1.82, 2.24) is 15.5 Å². The van der Waals surface area contributed by atoms with E-state index in [1.165, 1.54) is 0 Å². The fourth-order valence-corrected chi connectivity index (χ4v) is 2.73. The van der Waals surface area contributed by atoms with Crippen molar-refractivity contribution >= 4 is 11.8 Å². The molecule has 5 heteroatoms. The van der Waals surface area contributed by atoms with Gasteiger partial charge in [-0.25, -0.2) is 0 Å². The van der Waals surface area contributed by atoms with Crippen molar-refractivity contribution in [3.05, 3.63) is 0 Å². The van der Waals surface area contributed by atoms with Crippen molar-refractivity contribution in [1.29, 1.82) is 0 Å². The normalized spacial score (nSPS) is 25.8. The van der Waals surface area contributed by atoms with Gasteiger partial charge in [0.05, 0.1) is 5.92 Å². The van der Waals surface area contributed by atoms with Crippen LogP contribution in [0.2, 0.25) is 0 Å². The van der Waals surface area contributed by atoms with Gasteiger partial charge in [0.25, 0.3) is 0 Å². The predicted octanol–water partition coefficient (Wildman–Crippen LogP) is 0.113. The average Bonchev–Trinajstić information content (AvgIpc) is 2.40. The molecule has 18 heavy (non-hydrogen) atoms. The van der Waals surface area contributed by atoms with E-state index < -0.39 is 0 Å². The molecule has 5 nitrogen and oxygen atoms in total. The summed E-state index contributed by atoms with van der Waals surface area (Å²) in [5.74, 6) is 0.448. The fourth-order valence-electron chi connectivity index (χ4n) is 2.73.